The summed E-state index contributed by atoms with van der Waals surface area (Å²) >= 11 is 0. The second-order valence-electron chi connectivity index (χ2n) is 7.64. The van der Waals surface area contributed by atoms with Gasteiger partial charge in [0.2, 0.25) is 5.91 Å². The zero-order valence-electron chi connectivity index (χ0n) is 16.9. The number of anilines is 2. The van der Waals surface area contributed by atoms with E-state index in [-0.39, 0.29) is 11.9 Å². The average Bonchev–Trinajstić information content (AvgIpc) is 2.63. The number of nitrogens with one attached hydrogen (secondary N) is 3. The molecule has 0 bridgehead atoms. The third-order valence-electron chi connectivity index (χ3n) is 5.21. The first-order valence-electron chi connectivity index (χ1n) is 10.1. The Morgan fingerprint density at radius 3 is 2.41 bits per heavy atom. The van der Waals surface area contributed by atoms with Gasteiger partial charge in [-0.1, -0.05) is 32.3 Å². The molecule has 1 unspecified atom stereocenters. The largest absolute Gasteiger partial charge is 0.336 e. The quantitative estimate of drug-likeness (QED) is 0.642. The van der Waals surface area contributed by atoms with Crippen LogP contribution in [0.5, 0.6) is 0 Å². The highest BCUT2D eigenvalue weighted by atomic mass is 16.2. The second-order valence-corrected chi connectivity index (χ2v) is 7.64. The van der Waals surface area contributed by atoms with Crippen molar-refractivity contribution in [2.45, 2.75) is 57.9 Å². The monoisotopic (exact) mass is 374 g/mol. The van der Waals surface area contributed by atoms with Crippen molar-refractivity contribution in [3.05, 3.63) is 24.3 Å². The van der Waals surface area contributed by atoms with Crippen LogP contribution < -0.4 is 16.0 Å². The Labute approximate surface area is 163 Å². The molecule has 1 aliphatic carbocycles. The fraction of sp³-hybridized carbons (Fsp3) is 0.619. The number of likely N-dealkylation sites (N-methyl/N-ethyl adjacent to an activating group) is 1. The van der Waals surface area contributed by atoms with Crippen LogP contribution in [-0.4, -0.2) is 43.5 Å². The van der Waals surface area contributed by atoms with E-state index in [0.29, 0.717) is 36.3 Å². The number of benzene rings is 1. The van der Waals surface area contributed by atoms with Gasteiger partial charge in [-0.2, -0.15) is 0 Å². The van der Waals surface area contributed by atoms with E-state index in [0.717, 1.165) is 6.42 Å². The van der Waals surface area contributed by atoms with E-state index in [1.807, 2.05) is 25.1 Å². The van der Waals surface area contributed by atoms with Crippen molar-refractivity contribution < 1.29 is 9.59 Å². The van der Waals surface area contributed by atoms with Gasteiger partial charge >= 0.3 is 6.03 Å². The molecule has 1 aliphatic rings. The lowest BCUT2D eigenvalue weighted by atomic mass is 9.83. The lowest BCUT2D eigenvalue weighted by Gasteiger charge is -2.34. The summed E-state index contributed by atoms with van der Waals surface area (Å²) in [6.07, 6.45) is 7.69. The smallest absolute Gasteiger partial charge is 0.319 e. The van der Waals surface area contributed by atoms with Crippen molar-refractivity contribution in [3.8, 4) is 0 Å². The van der Waals surface area contributed by atoms with E-state index in [9.17, 15) is 9.59 Å². The molecule has 3 N–H and O–H groups in total. The summed E-state index contributed by atoms with van der Waals surface area (Å²) in [4.78, 5) is 26.3. The van der Waals surface area contributed by atoms with Crippen LogP contribution in [-0.2, 0) is 4.79 Å². The Bertz CT molecular complexity index is 612. The van der Waals surface area contributed by atoms with Crippen LogP contribution >= 0.6 is 0 Å². The average molecular weight is 375 g/mol. The summed E-state index contributed by atoms with van der Waals surface area (Å²) in [6, 6.07) is 7.38. The minimum Gasteiger partial charge on any atom is -0.336 e. The number of hydrogen-bond acceptors (Lipinski definition) is 3. The molecular weight excluding hydrogens is 340 g/mol. The first kappa shape index (κ1) is 21.2. The van der Waals surface area contributed by atoms with Gasteiger partial charge in [-0.15, -0.1) is 0 Å². The Hall–Kier alpha value is -2.08. The number of carbonyl (C=O) groups excluding carboxylic acids is 2. The van der Waals surface area contributed by atoms with Crippen LogP contribution in [0.1, 0.15) is 51.9 Å². The topological polar surface area (TPSA) is 73.5 Å². The molecule has 0 radical (unpaired) electrons. The molecule has 0 aromatic heterocycles. The molecule has 1 atom stereocenters. The Morgan fingerprint density at radius 2 is 1.78 bits per heavy atom. The van der Waals surface area contributed by atoms with E-state index in [4.69, 9.17) is 0 Å². The van der Waals surface area contributed by atoms with Crippen molar-refractivity contribution in [1.82, 2.24) is 10.2 Å². The van der Waals surface area contributed by atoms with Crippen molar-refractivity contribution in [2.75, 3.05) is 31.3 Å². The predicted molar refractivity (Wildman–Crippen MR) is 111 cm³/mol. The van der Waals surface area contributed by atoms with Gasteiger partial charge in [-0.05, 0) is 57.5 Å². The lowest BCUT2D eigenvalue weighted by Crippen LogP contribution is -2.46. The number of urea groups is 1. The first-order chi connectivity index (χ1) is 13.0. The highest BCUT2D eigenvalue weighted by molar-refractivity contribution is 5.93. The van der Waals surface area contributed by atoms with Crippen molar-refractivity contribution in [2.24, 2.45) is 5.92 Å². The SMILES string of the molecule is CCCC(=O)Nc1cccc(NC(=O)NCC(C2CCCCC2)N(C)C)c1. The van der Waals surface area contributed by atoms with Crippen LogP contribution in [0, 0.1) is 5.92 Å². The molecule has 1 aromatic carbocycles. The second kappa shape index (κ2) is 10.9. The number of amides is 3. The van der Waals surface area contributed by atoms with Gasteiger partial charge in [-0.25, -0.2) is 4.79 Å². The highest BCUT2D eigenvalue weighted by Crippen LogP contribution is 2.28. The molecule has 6 heteroatoms. The van der Waals surface area contributed by atoms with Gasteiger partial charge in [0.15, 0.2) is 0 Å². The normalized spacial score (nSPS) is 16.0. The summed E-state index contributed by atoms with van der Waals surface area (Å²) in [5, 5.41) is 8.72. The number of hydrogen-bond donors (Lipinski definition) is 3. The molecule has 1 aromatic rings. The zero-order chi connectivity index (χ0) is 19.6. The summed E-state index contributed by atoms with van der Waals surface area (Å²) in [7, 11) is 4.17. The van der Waals surface area contributed by atoms with Crippen molar-refractivity contribution >= 4 is 23.3 Å². The first-order valence-corrected chi connectivity index (χ1v) is 10.1. The summed E-state index contributed by atoms with van der Waals surface area (Å²) in [5.74, 6) is 0.631. The maximum atomic E-state index is 12.3. The fourth-order valence-electron chi connectivity index (χ4n) is 3.79. The van der Waals surface area contributed by atoms with Gasteiger partial charge in [0.25, 0.3) is 0 Å². The van der Waals surface area contributed by atoms with Crippen LogP contribution in [0.4, 0.5) is 16.2 Å². The van der Waals surface area contributed by atoms with Gasteiger partial charge < -0.3 is 20.9 Å². The molecule has 1 fully saturated rings. The summed E-state index contributed by atoms with van der Waals surface area (Å²) in [6.45, 7) is 2.60. The zero-order valence-corrected chi connectivity index (χ0v) is 16.9. The molecule has 150 valence electrons. The lowest BCUT2D eigenvalue weighted by molar-refractivity contribution is -0.116. The molecular formula is C21H34N4O2. The van der Waals surface area contributed by atoms with Crippen LogP contribution in [0.25, 0.3) is 0 Å². The number of carbonyl (C=O) groups is 2. The fourth-order valence-corrected chi connectivity index (χ4v) is 3.79. The van der Waals surface area contributed by atoms with E-state index < -0.39 is 0 Å². The molecule has 2 rings (SSSR count). The number of rotatable bonds is 8. The van der Waals surface area contributed by atoms with Gasteiger partial charge in [0.1, 0.15) is 0 Å². The standard InChI is InChI=1S/C21H34N4O2/c1-4-9-20(26)23-17-12-8-13-18(14-17)24-21(27)22-15-19(25(2)3)16-10-6-5-7-11-16/h8,12-14,16,19H,4-7,9-11,15H2,1-3H3,(H,23,26)(H2,22,24,27). The van der Waals surface area contributed by atoms with Gasteiger partial charge in [0, 0.05) is 30.4 Å². The third-order valence-corrected chi connectivity index (χ3v) is 5.21. The van der Waals surface area contributed by atoms with Crippen molar-refractivity contribution in [1.29, 1.82) is 0 Å². The highest BCUT2D eigenvalue weighted by Gasteiger charge is 2.25. The molecule has 6 nitrogen and oxygen atoms in total. The minimum absolute atomic E-state index is 0.0135. The number of nitrogens with zero attached hydrogens (tertiary/aromatic N) is 1. The molecule has 1 saturated carbocycles. The van der Waals surface area contributed by atoms with Crippen LogP contribution in [0.2, 0.25) is 0 Å². The third kappa shape index (κ3) is 7.21. The van der Waals surface area contributed by atoms with E-state index >= 15 is 0 Å². The maximum Gasteiger partial charge on any atom is 0.319 e. The van der Waals surface area contributed by atoms with Crippen molar-refractivity contribution in [3.63, 3.8) is 0 Å². The Balaban J connectivity index is 1.86. The molecule has 0 aliphatic heterocycles. The predicted octanol–water partition coefficient (Wildman–Crippen LogP) is 4.06. The van der Waals surface area contributed by atoms with Crippen LogP contribution in [0.15, 0.2) is 24.3 Å². The Morgan fingerprint density at radius 1 is 1.11 bits per heavy atom. The molecule has 3 amide bonds. The van der Waals surface area contributed by atoms with Gasteiger partial charge in [-0.3, -0.25) is 4.79 Å². The van der Waals surface area contributed by atoms with Crippen LogP contribution in [0.3, 0.4) is 0 Å². The maximum absolute atomic E-state index is 12.3. The molecule has 0 saturated heterocycles. The molecule has 0 spiro atoms. The Kier molecular flexibility index (Phi) is 8.58. The van der Waals surface area contributed by atoms with E-state index in [1.54, 1.807) is 6.07 Å². The minimum atomic E-state index is -0.213. The summed E-state index contributed by atoms with van der Waals surface area (Å²) < 4.78 is 0. The van der Waals surface area contributed by atoms with E-state index in [1.165, 1.54) is 32.1 Å². The van der Waals surface area contributed by atoms with Gasteiger partial charge in [0.05, 0.1) is 0 Å². The van der Waals surface area contributed by atoms with E-state index in [2.05, 4.69) is 34.9 Å². The molecule has 0 heterocycles. The molecule has 27 heavy (non-hydrogen) atoms. The summed E-state index contributed by atoms with van der Waals surface area (Å²) in [5.41, 5.74) is 1.36.